The second kappa shape index (κ2) is 6.08. The number of halogens is 4. The zero-order valence-electron chi connectivity index (χ0n) is 10.3. The van der Waals surface area contributed by atoms with Gasteiger partial charge in [-0.3, -0.25) is 0 Å². The number of ether oxygens (including phenoxy) is 1. The van der Waals surface area contributed by atoms with Crippen LogP contribution in [0, 0.1) is 11.6 Å². The molecule has 0 aliphatic carbocycles. The molecule has 0 saturated heterocycles. The number of hydrogen-bond acceptors (Lipinski definition) is 2. The van der Waals surface area contributed by atoms with Crippen LogP contribution in [0.3, 0.4) is 0 Å². The van der Waals surface area contributed by atoms with Crippen LogP contribution in [0.4, 0.5) is 8.78 Å². The van der Waals surface area contributed by atoms with Crippen LogP contribution in [0.5, 0.6) is 5.75 Å². The third-order valence-corrected chi connectivity index (χ3v) is 4.02. The molecule has 0 aromatic heterocycles. The Morgan fingerprint density at radius 2 is 1.90 bits per heavy atom. The van der Waals surface area contributed by atoms with E-state index in [-0.39, 0.29) is 21.9 Å². The van der Waals surface area contributed by atoms with E-state index < -0.39 is 17.7 Å². The second-order valence-electron chi connectivity index (χ2n) is 4.08. The first-order valence-corrected chi connectivity index (χ1v) is 6.77. The van der Waals surface area contributed by atoms with E-state index in [2.05, 4.69) is 15.9 Å². The Hall–Kier alpha value is -1.17. The number of hydrogen-bond donors (Lipinski definition) is 1. The highest BCUT2D eigenvalue weighted by atomic mass is 79.9. The smallest absolute Gasteiger partial charge is 0.165 e. The molecule has 0 aliphatic rings. The molecule has 0 saturated carbocycles. The van der Waals surface area contributed by atoms with Gasteiger partial charge in [-0.15, -0.1) is 0 Å². The molecular formula is C14H10BrClF2O2. The molecule has 2 aromatic rings. The normalized spacial score (nSPS) is 12.3. The maximum atomic E-state index is 13.8. The van der Waals surface area contributed by atoms with Gasteiger partial charge in [-0.05, 0) is 45.8 Å². The lowest BCUT2D eigenvalue weighted by atomic mass is 10.0. The average Bonchev–Trinajstić information content (AvgIpc) is 2.42. The molecule has 20 heavy (non-hydrogen) atoms. The Morgan fingerprint density at radius 1 is 1.20 bits per heavy atom. The Balaban J connectivity index is 2.43. The summed E-state index contributed by atoms with van der Waals surface area (Å²) in [5.41, 5.74) is 0.184. The number of benzene rings is 2. The number of aliphatic hydroxyl groups is 1. The van der Waals surface area contributed by atoms with Crippen molar-refractivity contribution < 1.29 is 18.6 Å². The number of methoxy groups -OCH3 is 1. The Kier molecular flexibility index (Phi) is 4.62. The monoisotopic (exact) mass is 362 g/mol. The first-order chi connectivity index (χ1) is 9.43. The van der Waals surface area contributed by atoms with Gasteiger partial charge in [-0.2, -0.15) is 0 Å². The Bertz CT molecular complexity index is 649. The zero-order chi connectivity index (χ0) is 14.9. The fourth-order valence-corrected chi connectivity index (χ4v) is 2.27. The van der Waals surface area contributed by atoms with Crippen LogP contribution in [-0.4, -0.2) is 12.2 Å². The molecule has 2 rings (SSSR count). The molecule has 1 atom stereocenters. The van der Waals surface area contributed by atoms with Crippen molar-refractivity contribution in [2.24, 2.45) is 0 Å². The van der Waals surface area contributed by atoms with Crippen molar-refractivity contribution in [3.05, 3.63) is 62.6 Å². The molecule has 0 heterocycles. The Morgan fingerprint density at radius 3 is 2.50 bits per heavy atom. The van der Waals surface area contributed by atoms with Crippen LogP contribution in [-0.2, 0) is 0 Å². The summed E-state index contributed by atoms with van der Waals surface area (Å²) in [5.74, 6) is -1.21. The minimum absolute atomic E-state index is 0.0252. The van der Waals surface area contributed by atoms with E-state index in [9.17, 15) is 13.9 Å². The summed E-state index contributed by atoms with van der Waals surface area (Å²) >= 11 is 8.96. The van der Waals surface area contributed by atoms with Gasteiger partial charge in [-0.1, -0.05) is 17.7 Å². The van der Waals surface area contributed by atoms with Gasteiger partial charge in [0.1, 0.15) is 11.9 Å². The van der Waals surface area contributed by atoms with Gasteiger partial charge in [0, 0.05) is 10.0 Å². The molecule has 0 bridgehead atoms. The van der Waals surface area contributed by atoms with E-state index in [0.29, 0.717) is 4.47 Å². The summed E-state index contributed by atoms with van der Waals surface area (Å²) < 4.78 is 32.6. The lowest BCUT2D eigenvalue weighted by Gasteiger charge is -2.14. The van der Waals surface area contributed by atoms with Crippen molar-refractivity contribution in [2.45, 2.75) is 6.10 Å². The van der Waals surface area contributed by atoms with Crippen LogP contribution in [0.1, 0.15) is 17.2 Å². The van der Waals surface area contributed by atoms with Crippen LogP contribution in [0.25, 0.3) is 0 Å². The lowest BCUT2D eigenvalue weighted by molar-refractivity contribution is 0.214. The SMILES string of the molecule is COc1ccc(C(O)c2cc(Cl)c(Br)cc2F)cc1F. The van der Waals surface area contributed by atoms with Crippen LogP contribution in [0.2, 0.25) is 5.02 Å². The quantitative estimate of drug-likeness (QED) is 0.815. The molecule has 0 radical (unpaired) electrons. The third kappa shape index (κ3) is 2.95. The van der Waals surface area contributed by atoms with Crippen molar-refractivity contribution in [1.29, 1.82) is 0 Å². The molecular weight excluding hydrogens is 354 g/mol. The fourth-order valence-electron chi connectivity index (χ4n) is 1.78. The van der Waals surface area contributed by atoms with Crippen molar-refractivity contribution in [3.8, 4) is 5.75 Å². The molecule has 0 amide bonds. The fraction of sp³-hybridized carbons (Fsp3) is 0.143. The molecule has 2 aromatic carbocycles. The molecule has 1 N–H and O–H groups in total. The van der Waals surface area contributed by atoms with Gasteiger partial charge in [0.05, 0.1) is 12.1 Å². The third-order valence-electron chi connectivity index (χ3n) is 2.83. The number of aliphatic hydroxyl groups excluding tert-OH is 1. The van der Waals surface area contributed by atoms with Gasteiger partial charge >= 0.3 is 0 Å². The topological polar surface area (TPSA) is 29.5 Å². The molecule has 6 heteroatoms. The van der Waals surface area contributed by atoms with Crippen LogP contribution < -0.4 is 4.74 Å². The maximum absolute atomic E-state index is 13.8. The number of rotatable bonds is 3. The summed E-state index contributed by atoms with van der Waals surface area (Å²) in [6.45, 7) is 0. The minimum atomic E-state index is -1.32. The zero-order valence-corrected chi connectivity index (χ0v) is 12.7. The highest BCUT2D eigenvalue weighted by Crippen LogP contribution is 2.32. The summed E-state index contributed by atoms with van der Waals surface area (Å²) in [7, 11) is 1.34. The van der Waals surface area contributed by atoms with E-state index >= 15 is 0 Å². The summed E-state index contributed by atoms with van der Waals surface area (Å²) in [4.78, 5) is 0. The van der Waals surface area contributed by atoms with Crippen molar-refractivity contribution >= 4 is 27.5 Å². The second-order valence-corrected chi connectivity index (χ2v) is 5.35. The van der Waals surface area contributed by atoms with E-state index in [0.717, 1.165) is 12.1 Å². The highest BCUT2D eigenvalue weighted by molar-refractivity contribution is 9.10. The van der Waals surface area contributed by atoms with Crippen molar-refractivity contribution in [1.82, 2.24) is 0 Å². The largest absolute Gasteiger partial charge is 0.494 e. The first-order valence-electron chi connectivity index (χ1n) is 5.60. The van der Waals surface area contributed by atoms with Gasteiger partial charge < -0.3 is 9.84 Å². The van der Waals surface area contributed by atoms with Crippen LogP contribution >= 0.6 is 27.5 Å². The summed E-state index contributed by atoms with van der Waals surface area (Å²) in [6.07, 6.45) is -1.32. The molecule has 1 unspecified atom stereocenters. The Labute approximate surface area is 128 Å². The molecule has 106 valence electrons. The first kappa shape index (κ1) is 15.2. The summed E-state index contributed by atoms with van der Waals surface area (Å²) in [6, 6.07) is 6.38. The standard InChI is InChI=1S/C14H10BrClF2O2/c1-20-13-3-2-7(4-12(13)18)14(19)8-5-10(16)9(15)6-11(8)17/h2-6,14,19H,1H3. The average molecular weight is 364 g/mol. The van der Waals surface area contributed by atoms with Crippen molar-refractivity contribution in [2.75, 3.05) is 7.11 Å². The molecule has 0 spiro atoms. The predicted octanol–water partition coefficient (Wildman–Crippen LogP) is 4.47. The van der Waals surface area contributed by atoms with E-state index in [4.69, 9.17) is 16.3 Å². The molecule has 0 aliphatic heterocycles. The van der Waals surface area contributed by atoms with Crippen LogP contribution in [0.15, 0.2) is 34.8 Å². The van der Waals surface area contributed by atoms with E-state index in [1.165, 1.54) is 25.3 Å². The lowest BCUT2D eigenvalue weighted by Crippen LogP contribution is -2.04. The van der Waals surface area contributed by atoms with Gasteiger partial charge in [-0.25, -0.2) is 8.78 Å². The van der Waals surface area contributed by atoms with Gasteiger partial charge in [0.25, 0.3) is 0 Å². The molecule has 2 nitrogen and oxygen atoms in total. The molecule has 0 fully saturated rings. The van der Waals surface area contributed by atoms with Gasteiger partial charge in [0.2, 0.25) is 0 Å². The van der Waals surface area contributed by atoms with Crippen molar-refractivity contribution in [3.63, 3.8) is 0 Å². The van der Waals surface area contributed by atoms with E-state index in [1.807, 2.05) is 0 Å². The van der Waals surface area contributed by atoms with E-state index in [1.54, 1.807) is 0 Å². The predicted molar refractivity (Wildman–Crippen MR) is 76.1 cm³/mol. The summed E-state index contributed by atoms with van der Waals surface area (Å²) in [5, 5.41) is 10.4. The maximum Gasteiger partial charge on any atom is 0.165 e. The highest BCUT2D eigenvalue weighted by Gasteiger charge is 2.18. The minimum Gasteiger partial charge on any atom is -0.494 e. The van der Waals surface area contributed by atoms with Gasteiger partial charge in [0.15, 0.2) is 11.6 Å².